The number of aromatic nitrogens is 1. The SMILES string of the molecule is COCCCN(C(=O)c1ccc2oc(NCc3cccc(Cl)c3)nc2c1)C1CCCCC1. The van der Waals surface area contributed by atoms with E-state index in [-0.39, 0.29) is 5.91 Å². The van der Waals surface area contributed by atoms with Gasteiger partial charge in [-0.1, -0.05) is 43.0 Å². The van der Waals surface area contributed by atoms with Gasteiger partial charge >= 0.3 is 0 Å². The number of halogens is 1. The highest BCUT2D eigenvalue weighted by atomic mass is 35.5. The molecule has 4 rings (SSSR count). The first-order valence-electron chi connectivity index (χ1n) is 11.3. The molecule has 1 aliphatic carbocycles. The number of rotatable bonds is 9. The second kappa shape index (κ2) is 10.8. The van der Waals surface area contributed by atoms with Gasteiger partial charge in [-0.3, -0.25) is 4.79 Å². The number of carbonyl (C=O) groups excluding carboxylic acids is 1. The first-order valence-corrected chi connectivity index (χ1v) is 11.7. The van der Waals surface area contributed by atoms with Crippen molar-refractivity contribution < 1.29 is 13.9 Å². The molecule has 0 bridgehead atoms. The summed E-state index contributed by atoms with van der Waals surface area (Å²) in [7, 11) is 1.70. The van der Waals surface area contributed by atoms with E-state index in [0.717, 1.165) is 24.8 Å². The number of ether oxygens (including phenoxy) is 1. The number of fused-ring (bicyclic) bond motifs is 1. The minimum atomic E-state index is 0.0614. The number of amides is 1. The normalized spacial score (nSPS) is 14.6. The molecule has 1 N–H and O–H groups in total. The van der Waals surface area contributed by atoms with Gasteiger partial charge in [-0.25, -0.2) is 0 Å². The molecule has 170 valence electrons. The second-order valence-electron chi connectivity index (χ2n) is 8.32. The molecule has 1 amide bonds. The Labute approximate surface area is 193 Å². The minimum Gasteiger partial charge on any atom is -0.424 e. The molecular formula is C25H30ClN3O3. The summed E-state index contributed by atoms with van der Waals surface area (Å²) in [5.74, 6) is 0.0614. The quantitative estimate of drug-likeness (QED) is 0.406. The molecule has 1 fully saturated rings. The number of nitrogens with one attached hydrogen (secondary N) is 1. The number of anilines is 1. The third kappa shape index (κ3) is 5.61. The van der Waals surface area contributed by atoms with Gasteiger partial charge in [-0.15, -0.1) is 0 Å². The molecule has 3 aromatic rings. The highest BCUT2D eigenvalue weighted by Gasteiger charge is 2.26. The van der Waals surface area contributed by atoms with E-state index in [4.69, 9.17) is 20.8 Å². The van der Waals surface area contributed by atoms with Crippen LogP contribution in [0.2, 0.25) is 5.02 Å². The van der Waals surface area contributed by atoms with Crippen LogP contribution in [0, 0.1) is 0 Å². The number of benzene rings is 2. The first kappa shape index (κ1) is 22.6. The summed E-state index contributed by atoms with van der Waals surface area (Å²) in [6.07, 6.45) is 6.60. The van der Waals surface area contributed by atoms with Crippen molar-refractivity contribution in [2.24, 2.45) is 0 Å². The average molecular weight is 456 g/mol. The van der Waals surface area contributed by atoms with Gasteiger partial charge in [0.25, 0.3) is 11.9 Å². The summed E-state index contributed by atoms with van der Waals surface area (Å²) >= 11 is 6.05. The van der Waals surface area contributed by atoms with Crippen molar-refractivity contribution in [3.8, 4) is 0 Å². The van der Waals surface area contributed by atoms with Crippen molar-refractivity contribution in [1.82, 2.24) is 9.88 Å². The number of nitrogens with zero attached hydrogens (tertiary/aromatic N) is 2. The molecule has 1 aromatic heterocycles. The van der Waals surface area contributed by atoms with Crippen molar-refractivity contribution in [1.29, 1.82) is 0 Å². The Morgan fingerprint density at radius 2 is 2.06 bits per heavy atom. The Balaban J connectivity index is 1.48. The summed E-state index contributed by atoms with van der Waals surface area (Å²) in [5.41, 5.74) is 3.01. The largest absolute Gasteiger partial charge is 0.424 e. The van der Waals surface area contributed by atoms with E-state index in [0.29, 0.717) is 53.4 Å². The lowest BCUT2D eigenvalue weighted by Crippen LogP contribution is -2.42. The molecule has 7 heteroatoms. The molecule has 0 radical (unpaired) electrons. The van der Waals surface area contributed by atoms with Crippen LogP contribution in [0.15, 0.2) is 46.9 Å². The van der Waals surface area contributed by atoms with E-state index in [9.17, 15) is 4.79 Å². The number of methoxy groups -OCH3 is 1. The van der Waals surface area contributed by atoms with Gasteiger partial charge in [0.15, 0.2) is 5.58 Å². The lowest BCUT2D eigenvalue weighted by Gasteiger charge is -2.34. The standard InChI is InChI=1S/C25H30ClN3O3/c1-31-14-6-13-29(21-9-3-2-4-10-21)24(30)19-11-12-23-22(16-19)28-25(32-23)27-17-18-7-5-8-20(26)15-18/h5,7-8,11-12,15-16,21H,2-4,6,9-10,13-14,17H2,1H3,(H,27,28). The van der Waals surface area contributed by atoms with Gasteiger partial charge in [0.1, 0.15) is 5.52 Å². The molecule has 2 aromatic carbocycles. The first-order chi connectivity index (χ1) is 15.6. The van der Waals surface area contributed by atoms with Crippen molar-refractivity contribution in [3.63, 3.8) is 0 Å². The summed E-state index contributed by atoms with van der Waals surface area (Å²) < 4.78 is 11.0. The van der Waals surface area contributed by atoms with Gasteiger partial charge in [-0.05, 0) is 55.2 Å². The van der Waals surface area contributed by atoms with Crippen LogP contribution in [0.3, 0.4) is 0 Å². The molecule has 6 nitrogen and oxygen atoms in total. The molecule has 0 atom stereocenters. The Morgan fingerprint density at radius 1 is 1.22 bits per heavy atom. The average Bonchev–Trinajstić information content (AvgIpc) is 3.23. The zero-order valence-electron chi connectivity index (χ0n) is 18.5. The van der Waals surface area contributed by atoms with E-state index in [2.05, 4.69) is 10.3 Å². The fourth-order valence-corrected chi connectivity index (χ4v) is 4.56. The van der Waals surface area contributed by atoms with Crippen molar-refractivity contribution in [2.45, 2.75) is 51.1 Å². The van der Waals surface area contributed by atoms with Gasteiger partial charge in [0.2, 0.25) is 0 Å². The van der Waals surface area contributed by atoms with Gasteiger partial charge in [-0.2, -0.15) is 4.98 Å². The van der Waals surface area contributed by atoms with Crippen molar-refractivity contribution >= 4 is 34.6 Å². The third-order valence-corrected chi connectivity index (χ3v) is 6.23. The van der Waals surface area contributed by atoms with E-state index in [1.807, 2.05) is 47.4 Å². The maximum absolute atomic E-state index is 13.4. The number of carbonyl (C=O) groups is 1. The smallest absolute Gasteiger partial charge is 0.295 e. The van der Waals surface area contributed by atoms with Crippen LogP contribution in [0.25, 0.3) is 11.1 Å². The lowest BCUT2D eigenvalue weighted by molar-refractivity contribution is 0.0608. The highest BCUT2D eigenvalue weighted by molar-refractivity contribution is 6.30. The Kier molecular flexibility index (Phi) is 7.66. The van der Waals surface area contributed by atoms with Crippen LogP contribution < -0.4 is 5.32 Å². The summed E-state index contributed by atoms with van der Waals surface area (Å²) in [6.45, 7) is 1.91. The maximum atomic E-state index is 13.4. The molecule has 32 heavy (non-hydrogen) atoms. The van der Waals surface area contributed by atoms with Gasteiger partial charge in [0, 0.05) is 43.4 Å². The fraction of sp³-hybridized carbons (Fsp3) is 0.440. The van der Waals surface area contributed by atoms with E-state index in [1.54, 1.807) is 7.11 Å². The molecule has 0 spiro atoms. The highest BCUT2D eigenvalue weighted by Crippen LogP contribution is 2.26. The Bertz CT molecular complexity index is 1050. The predicted molar refractivity (Wildman–Crippen MR) is 127 cm³/mol. The second-order valence-corrected chi connectivity index (χ2v) is 8.76. The van der Waals surface area contributed by atoms with Gasteiger partial charge < -0.3 is 19.4 Å². The summed E-state index contributed by atoms with van der Waals surface area (Å²) in [4.78, 5) is 20.0. The summed E-state index contributed by atoms with van der Waals surface area (Å²) in [6, 6.07) is 13.9. The van der Waals surface area contributed by atoms with Crippen LogP contribution >= 0.6 is 11.6 Å². The van der Waals surface area contributed by atoms with Gasteiger partial charge in [0.05, 0.1) is 0 Å². The Hall–Kier alpha value is -2.57. The number of oxazole rings is 1. The van der Waals surface area contributed by atoms with Crippen LogP contribution in [0.5, 0.6) is 0 Å². The zero-order chi connectivity index (χ0) is 22.3. The molecule has 1 heterocycles. The lowest BCUT2D eigenvalue weighted by atomic mass is 9.93. The molecule has 0 aliphatic heterocycles. The van der Waals surface area contributed by atoms with E-state index < -0.39 is 0 Å². The van der Waals surface area contributed by atoms with Crippen molar-refractivity contribution in [3.05, 3.63) is 58.6 Å². The predicted octanol–water partition coefficient (Wildman–Crippen LogP) is 5.90. The molecule has 0 unspecified atom stereocenters. The third-order valence-electron chi connectivity index (χ3n) is 5.99. The fourth-order valence-electron chi connectivity index (χ4n) is 4.35. The molecule has 1 saturated carbocycles. The van der Waals surface area contributed by atoms with Crippen LogP contribution in [-0.4, -0.2) is 42.1 Å². The number of hydrogen-bond donors (Lipinski definition) is 1. The molecule has 1 aliphatic rings. The summed E-state index contributed by atoms with van der Waals surface area (Å²) in [5, 5.41) is 3.88. The van der Waals surface area contributed by atoms with Crippen molar-refractivity contribution in [2.75, 3.05) is 25.6 Å². The van der Waals surface area contributed by atoms with E-state index in [1.165, 1.54) is 19.3 Å². The zero-order valence-corrected chi connectivity index (χ0v) is 19.2. The van der Waals surface area contributed by atoms with Crippen LogP contribution in [-0.2, 0) is 11.3 Å². The Morgan fingerprint density at radius 3 is 2.84 bits per heavy atom. The monoisotopic (exact) mass is 455 g/mol. The topological polar surface area (TPSA) is 67.6 Å². The molecular weight excluding hydrogens is 426 g/mol. The maximum Gasteiger partial charge on any atom is 0.295 e. The van der Waals surface area contributed by atoms with Crippen LogP contribution in [0.1, 0.15) is 54.4 Å². The molecule has 0 saturated heterocycles. The van der Waals surface area contributed by atoms with E-state index >= 15 is 0 Å². The number of hydrogen-bond acceptors (Lipinski definition) is 5. The van der Waals surface area contributed by atoms with Crippen LogP contribution in [0.4, 0.5) is 6.01 Å². The minimum absolute atomic E-state index is 0.0614.